The fourth-order valence-corrected chi connectivity index (χ4v) is 2.81. The molecule has 4 nitrogen and oxygen atoms in total. The second kappa shape index (κ2) is 6.24. The molecule has 0 spiro atoms. The van der Waals surface area contributed by atoms with E-state index in [0.29, 0.717) is 0 Å². The van der Waals surface area contributed by atoms with Crippen LogP contribution in [0.3, 0.4) is 0 Å². The monoisotopic (exact) mass is 283 g/mol. The van der Waals surface area contributed by atoms with Crippen LogP contribution in [-0.4, -0.2) is 43.0 Å². The van der Waals surface area contributed by atoms with Crippen LogP contribution < -0.4 is 10.6 Å². The molecule has 2 aromatic rings. The lowest BCUT2D eigenvalue weighted by molar-refractivity contribution is -0.120. The number of hydrogen-bond acceptors (Lipinski definition) is 3. The minimum atomic E-state index is -0.105. The van der Waals surface area contributed by atoms with Gasteiger partial charge in [0, 0.05) is 37.3 Å². The molecule has 0 aliphatic carbocycles. The zero-order valence-corrected chi connectivity index (χ0v) is 12.3. The molecule has 1 aliphatic heterocycles. The second-order valence-electron chi connectivity index (χ2n) is 5.48. The van der Waals surface area contributed by atoms with E-state index in [-0.39, 0.29) is 11.9 Å². The van der Waals surface area contributed by atoms with Crippen LogP contribution in [0.2, 0.25) is 0 Å². The number of carbonyl (C=O) groups is 1. The molecule has 0 bridgehead atoms. The summed E-state index contributed by atoms with van der Waals surface area (Å²) in [6, 6.07) is 14.0. The lowest BCUT2D eigenvalue weighted by atomic mass is 10.1. The van der Waals surface area contributed by atoms with E-state index in [0.717, 1.165) is 42.6 Å². The van der Waals surface area contributed by atoms with Crippen molar-refractivity contribution in [2.45, 2.75) is 13.0 Å². The molecule has 4 heteroatoms. The first-order valence-corrected chi connectivity index (χ1v) is 7.49. The summed E-state index contributed by atoms with van der Waals surface area (Å²) in [7, 11) is 0. The second-order valence-corrected chi connectivity index (χ2v) is 5.48. The van der Waals surface area contributed by atoms with Gasteiger partial charge in [-0.2, -0.15) is 0 Å². The Labute approximate surface area is 125 Å². The van der Waals surface area contributed by atoms with Gasteiger partial charge in [0.15, 0.2) is 0 Å². The number of rotatable bonds is 3. The minimum Gasteiger partial charge on any atom is -0.324 e. The molecule has 0 radical (unpaired) electrons. The molecule has 21 heavy (non-hydrogen) atoms. The van der Waals surface area contributed by atoms with Crippen molar-refractivity contribution < 1.29 is 4.79 Å². The molecule has 2 N–H and O–H groups in total. The predicted molar refractivity (Wildman–Crippen MR) is 86.5 cm³/mol. The Morgan fingerprint density at radius 1 is 1.14 bits per heavy atom. The third-order valence-corrected chi connectivity index (χ3v) is 4.13. The maximum atomic E-state index is 12.5. The number of benzene rings is 2. The van der Waals surface area contributed by atoms with Gasteiger partial charge in [-0.1, -0.05) is 36.4 Å². The average Bonchev–Trinajstić information content (AvgIpc) is 2.55. The van der Waals surface area contributed by atoms with Crippen molar-refractivity contribution in [1.29, 1.82) is 0 Å². The Hall–Kier alpha value is -1.91. The SMILES string of the molecule is CC(C(=O)Nc1cccc2ccccc12)N1CCNCC1. The molecule has 0 aromatic heterocycles. The van der Waals surface area contributed by atoms with Crippen molar-refractivity contribution in [2.75, 3.05) is 31.5 Å². The van der Waals surface area contributed by atoms with Crippen molar-refractivity contribution in [3.63, 3.8) is 0 Å². The summed E-state index contributed by atoms with van der Waals surface area (Å²) >= 11 is 0. The normalized spacial score (nSPS) is 17.6. The topological polar surface area (TPSA) is 44.4 Å². The van der Waals surface area contributed by atoms with Crippen LogP contribution in [0.1, 0.15) is 6.92 Å². The predicted octanol–water partition coefficient (Wildman–Crippen LogP) is 2.07. The van der Waals surface area contributed by atoms with Gasteiger partial charge in [-0.15, -0.1) is 0 Å². The summed E-state index contributed by atoms with van der Waals surface area (Å²) < 4.78 is 0. The van der Waals surface area contributed by atoms with Gasteiger partial charge in [0.25, 0.3) is 0 Å². The summed E-state index contributed by atoms with van der Waals surface area (Å²) in [5, 5.41) is 8.62. The maximum absolute atomic E-state index is 12.5. The number of carbonyl (C=O) groups excluding carboxylic acids is 1. The standard InChI is InChI=1S/C17H21N3O/c1-13(20-11-9-18-10-12-20)17(21)19-16-8-4-6-14-5-2-3-7-15(14)16/h2-8,13,18H,9-12H2,1H3,(H,19,21). The molecular formula is C17H21N3O. The van der Waals surface area contributed by atoms with E-state index in [1.54, 1.807) is 0 Å². The smallest absolute Gasteiger partial charge is 0.241 e. The van der Waals surface area contributed by atoms with Gasteiger partial charge in [0.05, 0.1) is 6.04 Å². The third-order valence-electron chi connectivity index (χ3n) is 4.13. The Kier molecular flexibility index (Phi) is 4.18. The van der Waals surface area contributed by atoms with Crippen LogP contribution in [0.25, 0.3) is 10.8 Å². The van der Waals surface area contributed by atoms with Crippen LogP contribution in [0.5, 0.6) is 0 Å². The van der Waals surface area contributed by atoms with Gasteiger partial charge >= 0.3 is 0 Å². The summed E-state index contributed by atoms with van der Waals surface area (Å²) in [6.07, 6.45) is 0. The van der Waals surface area contributed by atoms with Gasteiger partial charge < -0.3 is 10.6 Å². The first-order chi connectivity index (χ1) is 10.3. The lowest BCUT2D eigenvalue weighted by Gasteiger charge is -2.31. The molecule has 1 amide bonds. The fourth-order valence-electron chi connectivity index (χ4n) is 2.81. The lowest BCUT2D eigenvalue weighted by Crippen LogP contribution is -2.51. The van der Waals surface area contributed by atoms with E-state index in [2.05, 4.69) is 27.7 Å². The summed E-state index contributed by atoms with van der Waals surface area (Å²) in [5.74, 6) is 0.0632. The summed E-state index contributed by atoms with van der Waals surface area (Å²) in [6.45, 7) is 5.72. The van der Waals surface area contributed by atoms with Crippen LogP contribution in [0.4, 0.5) is 5.69 Å². The third kappa shape index (κ3) is 3.06. The van der Waals surface area contributed by atoms with E-state index in [1.165, 1.54) is 0 Å². The summed E-state index contributed by atoms with van der Waals surface area (Å²) in [5.41, 5.74) is 0.889. The fraction of sp³-hybridized carbons (Fsp3) is 0.353. The van der Waals surface area contributed by atoms with Crippen molar-refractivity contribution in [3.05, 3.63) is 42.5 Å². The van der Waals surface area contributed by atoms with Gasteiger partial charge in [-0.25, -0.2) is 0 Å². The average molecular weight is 283 g/mol. The van der Waals surface area contributed by atoms with Crippen LogP contribution in [-0.2, 0) is 4.79 Å². The van der Waals surface area contributed by atoms with E-state index in [1.807, 2.05) is 37.3 Å². The number of amides is 1. The van der Waals surface area contributed by atoms with Crippen LogP contribution >= 0.6 is 0 Å². The van der Waals surface area contributed by atoms with Crippen molar-refractivity contribution in [3.8, 4) is 0 Å². The highest BCUT2D eigenvalue weighted by molar-refractivity contribution is 6.03. The van der Waals surface area contributed by atoms with E-state index in [4.69, 9.17) is 0 Å². The number of anilines is 1. The zero-order chi connectivity index (χ0) is 14.7. The zero-order valence-electron chi connectivity index (χ0n) is 12.3. The largest absolute Gasteiger partial charge is 0.324 e. The Balaban J connectivity index is 1.76. The van der Waals surface area contributed by atoms with E-state index >= 15 is 0 Å². The molecule has 1 unspecified atom stereocenters. The van der Waals surface area contributed by atoms with Gasteiger partial charge in [-0.05, 0) is 18.4 Å². The highest BCUT2D eigenvalue weighted by Gasteiger charge is 2.22. The highest BCUT2D eigenvalue weighted by atomic mass is 16.2. The minimum absolute atomic E-state index is 0.0632. The molecule has 3 rings (SSSR count). The summed E-state index contributed by atoms with van der Waals surface area (Å²) in [4.78, 5) is 14.7. The Bertz CT molecular complexity index is 629. The number of hydrogen-bond donors (Lipinski definition) is 2. The number of nitrogens with one attached hydrogen (secondary N) is 2. The Morgan fingerprint density at radius 3 is 2.67 bits per heavy atom. The van der Waals surface area contributed by atoms with Crippen molar-refractivity contribution >= 4 is 22.4 Å². The van der Waals surface area contributed by atoms with Gasteiger partial charge in [-0.3, -0.25) is 9.69 Å². The van der Waals surface area contributed by atoms with Crippen molar-refractivity contribution in [1.82, 2.24) is 10.2 Å². The molecule has 1 heterocycles. The molecule has 1 atom stereocenters. The molecule has 1 saturated heterocycles. The van der Waals surface area contributed by atoms with Crippen LogP contribution in [0, 0.1) is 0 Å². The molecule has 1 aliphatic rings. The molecular weight excluding hydrogens is 262 g/mol. The van der Waals surface area contributed by atoms with Gasteiger partial charge in [0.1, 0.15) is 0 Å². The number of piperazine rings is 1. The van der Waals surface area contributed by atoms with Crippen molar-refractivity contribution in [2.24, 2.45) is 0 Å². The Morgan fingerprint density at radius 2 is 1.86 bits per heavy atom. The molecule has 2 aromatic carbocycles. The van der Waals surface area contributed by atoms with Crippen LogP contribution in [0.15, 0.2) is 42.5 Å². The quantitative estimate of drug-likeness (QED) is 0.906. The maximum Gasteiger partial charge on any atom is 0.241 e. The van der Waals surface area contributed by atoms with E-state index in [9.17, 15) is 4.79 Å². The highest BCUT2D eigenvalue weighted by Crippen LogP contribution is 2.23. The first kappa shape index (κ1) is 14.0. The number of fused-ring (bicyclic) bond motifs is 1. The number of nitrogens with zero attached hydrogens (tertiary/aromatic N) is 1. The van der Waals surface area contributed by atoms with Gasteiger partial charge in [0.2, 0.25) is 5.91 Å². The molecule has 0 saturated carbocycles. The molecule has 1 fully saturated rings. The molecule has 110 valence electrons. The first-order valence-electron chi connectivity index (χ1n) is 7.49. The van der Waals surface area contributed by atoms with E-state index < -0.39 is 0 Å².